The van der Waals surface area contributed by atoms with Gasteiger partial charge in [-0.2, -0.15) is 0 Å². The fourth-order valence-corrected chi connectivity index (χ4v) is 6.55. The summed E-state index contributed by atoms with van der Waals surface area (Å²) in [5, 5.41) is 3.56. The number of nitrogens with one attached hydrogen (secondary N) is 1. The summed E-state index contributed by atoms with van der Waals surface area (Å²) in [5.41, 5.74) is 3.39. The van der Waals surface area contributed by atoms with Gasteiger partial charge in [0.15, 0.2) is 16.3 Å². The first-order valence-corrected chi connectivity index (χ1v) is 15.6. The first kappa shape index (κ1) is 30.9. The standard InChI is InChI=1S/C36H30ClN3O5S/c1-22-31(34(41)39-26-14-5-4-6-15-26)32(23-12-9-16-27(19-23)43-2)40-35(42)30(46-36(40)38-22)20-24-13-10-18-29(44-3)33(24)45-21-25-11-7-8-17-28(25)37/h4-20,32H,21H2,1-3H3,(H,39,41)/b30-20-/t32-/m1/s1. The average molecular weight is 652 g/mol. The van der Waals surface area contributed by atoms with Crippen molar-refractivity contribution < 1.29 is 19.0 Å². The van der Waals surface area contributed by atoms with Crippen LogP contribution < -0.4 is 34.4 Å². The molecule has 46 heavy (non-hydrogen) atoms. The molecule has 0 aliphatic carbocycles. The minimum absolute atomic E-state index is 0.205. The van der Waals surface area contributed by atoms with Gasteiger partial charge in [-0.1, -0.05) is 83.6 Å². The molecule has 1 amide bonds. The molecular formula is C36H30ClN3O5S. The molecular weight excluding hydrogens is 622 g/mol. The summed E-state index contributed by atoms with van der Waals surface area (Å²) in [4.78, 5) is 33.4. The molecule has 10 heteroatoms. The van der Waals surface area contributed by atoms with Gasteiger partial charge in [-0.05, 0) is 55.0 Å². The predicted octanol–water partition coefficient (Wildman–Crippen LogP) is 6.12. The number of anilines is 1. The molecule has 1 aromatic heterocycles. The number of rotatable bonds is 9. The number of aromatic nitrogens is 1. The van der Waals surface area contributed by atoms with Gasteiger partial charge >= 0.3 is 0 Å². The Bertz CT molecular complexity index is 2140. The van der Waals surface area contributed by atoms with Crippen LogP contribution in [0.4, 0.5) is 5.69 Å². The second-order valence-corrected chi connectivity index (χ2v) is 11.9. The Morgan fingerprint density at radius 3 is 2.50 bits per heavy atom. The van der Waals surface area contributed by atoms with Crippen LogP contribution in [0, 0.1) is 0 Å². The van der Waals surface area contributed by atoms with Crippen LogP contribution in [-0.4, -0.2) is 24.7 Å². The molecule has 0 unspecified atom stereocenters. The van der Waals surface area contributed by atoms with Crippen molar-refractivity contribution in [1.29, 1.82) is 0 Å². The number of nitrogens with zero attached hydrogens (tertiary/aromatic N) is 2. The van der Waals surface area contributed by atoms with Crippen LogP contribution >= 0.6 is 22.9 Å². The van der Waals surface area contributed by atoms with E-state index in [0.29, 0.717) is 59.7 Å². The van der Waals surface area contributed by atoms with Crippen molar-refractivity contribution in [2.45, 2.75) is 19.6 Å². The van der Waals surface area contributed by atoms with Crippen molar-refractivity contribution in [2.24, 2.45) is 4.99 Å². The van der Waals surface area contributed by atoms with Gasteiger partial charge in [0.25, 0.3) is 11.5 Å². The second kappa shape index (κ2) is 13.5. The van der Waals surface area contributed by atoms with Crippen molar-refractivity contribution in [2.75, 3.05) is 19.5 Å². The van der Waals surface area contributed by atoms with Gasteiger partial charge in [-0.15, -0.1) is 0 Å². The minimum Gasteiger partial charge on any atom is -0.497 e. The van der Waals surface area contributed by atoms with E-state index in [9.17, 15) is 9.59 Å². The first-order chi connectivity index (χ1) is 22.4. The molecule has 232 valence electrons. The number of para-hydroxylation sites is 2. The molecule has 1 N–H and O–H groups in total. The molecule has 5 aromatic rings. The van der Waals surface area contributed by atoms with Crippen LogP contribution in [-0.2, 0) is 11.4 Å². The van der Waals surface area contributed by atoms with Crippen LogP contribution in [0.3, 0.4) is 0 Å². The molecule has 1 aliphatic rings. The lowest BCUT2D eigenvalue weighted by Gasteiger charge is -2.25. The smallest absolute Gasteiger partial charge is 0.271 e. The number of ether oxygens (including phenoxy) is 3. The third kappa shape index (κ3) is 6.20. The maximum absolute atomic E-state index is 14.3. The van der Waals surface area contributed by atoms with Crippen LogP contribution in [0.1, 0.15) is 29.7 Å². The van der Waals surface area contributed by atoms with E-state index in [-0.39, 0.29) is 18.1 Å². The van der Waals surface area contributed by atoms with Crippen molar-refractivity contribution in [3.05, 3.63) is 150 Å². The van der Waals surface area contributed by atoms with E-state index >= 15 is 0 Å². The van der Waals surface area contributed by atoms with E-state index in [1.165, 1.54) is 11.3 Å². The molecule has 0 saturated carbocycles. The molecule has 0 bridgehead atoms. The monoisotopic (exact) mass is 651 g/mol. The third-order valence-corrected chi connectivity index (χ3v) is 8.90. The molecule has 1 atom stereocenters. The molecule has 6 rings (SSSR count). The maximum Gasteiger partial charge on any atom is 0.271 e. The van der Waals surface area contributed by atoms with E-state index in [0.717, 1.165) is 5.56 Å². The van der Waals surface area contributed by atoms with Crippen molar-refractivity contribution in [3.8, 4) is 17.2 Å². The lowest BCUT2D eigenvalue weighted by atomic mass is 9.95. The molecule has 0 fully saturated rings. The highest BCUT2D eigenvalue weighted by Crippen LogP contribution is 2.34. The summed E-state index contributed by atoms with van der Waals surface area (Å²) in [6, 6.07) is 28.7. The van der Waals surface area contributed by atoms with Crippen LogP contribution in [0.15, 0.2) is 118 Å². The van der Waals surface area contributed by atoms with Gasteiger partial charge in [0.1, 0.15) is 12.4 Å². The van der Waals surface area contributed by atoms with Crippen molar-refractivity contribution >= 4 is 40.6 Å². The summed E-state index contributed by atoms with van der Waals surface area (Å²) in [5.74, 6) is 1.24. The Morgan fingerprint density at radius 1 is 0.978 bits per heavy atom. The topological polar surface area (TPSA) is 91.2 Å². The lowest BCUT2D eigenvalue weighted by molar-refractivity contribution is -0.113. The Kier molecular flexibility index (Phi) is 9.05. The average Bonchev–Trinajstić information content (AvgIpc) is 3.37. The Morgan fingerprint density at radius 2 is 1.74 bits per heavy atom. The van der Waals surface area contributed by atoms with Gasteiger partial charge in [0, 0.05) is 21.8 Å². The highest BCUT2D eigenvalue weighted by Gasteiger charge is 2.33. The fourth-order valence-electron chi connectivity index (χ4n) is 5.33. The second-order valence-electron chi connectivity index (χ2n) is 10.4. The third-order valence-electron chi connectivity index (χ3n) is 7.55. The zero-order chi connectivity index (χ0) is 32.2. The number of carbonyl (C=O) groups excluding carboxylic acids is 1. The Hall–Kier alpha value is -5.12. The number of benzene rings is 4. The number of hydrogen-bond acceptors (Lipinski definition) is 7. The fraction of sp³-hybridized carbons (Fsp3) is 0.139. The summed E-state index contributed by atoms with van der Waals surface area (Å²) >= 11 is 7.61. The largest absolute Gasteiger partial charge is 0.497 e. The number of thiazole rings is 1. The number of methoxy groups -OCH3 is 2. The van der Waals surface area contributed by atoms with Crippen molar-refractivity contribution in [1.82, 2.24) is 4.57 Å². The van der Waals surface area contributed by atoms with Gasteiger partial charge in [-0.25, -0.2) is 4.99 Å². The number of carbonyl (C=O) groups is 1. The first-order valence-electron chi connectivity index (χ1n) is 14.4. The predicted molar refractivity (Wildman–Crippen MR) is 181 cm³/mol. The molecule has 0 saturated heterocycles. The highest BCUT2D eigenvalue weighted by molar-refractivity contribution is 7.07. The SMILES string of the molecule is COc1cccc([C@@H]2C(C(=O)Nc3ccccc3)=C(C)N=c3s/c(=C\c4cccc(OC)c4OCc4ccccc4Cl)c(=O)n32)c1. The number of allylic oxidation sites excluding steroid dienone is 1. The summed E-state index contributed by atoms with van der Waals surface area (Å²) < 4.78 is 19.3. The van der Waals surface area contributed by atoms with E-state index in [2.05, 4.69) is 5.32 Å². The van der Waals surface area contributed by atoms with Gasteiger partial charge in [-0.3, -0.25) is 14.2 Å². The molecule has 0 radical (unpaired) electrons. The number of halogens is 1. The summed E-state index contributed by atoms with van der Waals surface area (Å²) in [6.45, 7) is 1.99. The molecule has 4 aromatic carbocycles. The summed E-state index contributed by atoms with van der Waals surface area (Å²) in [7, 11) is 3.14. The minimum atomic E-state index is -0.751. The van der Waals surface area contributed by atoms with Gasteiger partial charge in [0.2, 0.25) is 0 Å². The van der Waals surface area contributed by atoms with E-state index in [1.54, 1.807) is 43.9 Å². The molecule has 0 spiro atoms. The van der Waals surface area contributed by atoms with E-state index < -0.39 is 6.04 Å². The summed E-state index contributed by atoms with van der Waals surface area (Å²) in [6.07, 6.45) is 1.76. The molecule has 8 nitrogen and oxygen atoms in total. The van der Waals surface area contributed by atoms with Crippen molar-refractivity contribution in [3.63, 3.8) is 0 Å². The van der Waals surface area contributed by atoms with Gasteiger partial charge in [0.05, 0.1) is 36.1 Å². The van der Waals surface area contributed by atoms with E-state index in [4.69, 9.17) is 30.8 Å². The molecule has 1 aliphatic heterocycles. The number of hydrogen-bond donors (Lipinski definition) is 1. The van der Waals surface area contributed by atoms with Gasteiger partial charge < -0.3 is 19.5 Å². The zero-order valence-corrected chi connectivity index (χ0v) is 26.9. The lowest BCUT2D eigenvalue weighted by Crippen LogP contribution is -2.40. The molecule has 2 heterocycles. The Labute approximate surface area is 274 Å². The van der Waals surface area contributed by atoms with Crippen LogP contribution in [0.2, 0.25) is 5.02 Å². The number of fused-ring (bicyclic) bond motifs is 1. The zero-order valence-electron chi connectivity index (χ0n) is 25.3. The normalized spacial score (nSPS) is 14.3. The maximum atomic E-state index is 14.3. The number of amides is 1. The van der Waals surface area contributed by atoms with Crippen LogP contribution in [0.25, 0.3) is 6.08 Å². The van der Waals surface area contributed by atoms with Crippen LogP contribution in [0.5, 0.6) is 17.2 Å². The highest BCUT2D eigenvalue weighted by atomic mass is 35.5. The van der Waals surface area contributed by atoms with E-state index in [1.807, 2.05) is 84.9 Å². The quantitative estimate of drug-likeness (QED) is 0.207. The Balaban J connectivity index is 1.47.